The molecule has 0 amide bonds. The van der Waals surface area contributed by atoms with Crippen LogP contribution in [0.2, 0.25) is 5.15 Å². The fourth-order valence-electron chi connectivity index (χ4n) is 2.55. The summed E-state index contributed by atoms with van der Waals surface area (Å²) >= 11 is 5.81. The maximum Gasteiger partial charge on any atom is 0.453 e. The van der Waals surface area contributed by atoms with Crippen molar-refractivity contribution in [3.8, 4) is 0 Å². The van der Waals surface area contributed by atoms with Gasteiger partial charge < -0.3 is 5.32 Å². The van der Waals surface area contributed by atoms with Crippen molar-refractivity contribution in [1.82, 2.24) is 19.6 Å². The summed E-state index contributed by atoms with van der Waals surface area (Å²) in [6.07, 6.45) is -13.0. The van der Waals surface area contributed by atoms with Gasteiger partial charge in [-0.05, 0) is 0 Å². The van der Waals surface area contributed by atoms with Gasteiger partial charge in [0.2, 0.25) is 0 Å². The van der Waals surface area contributed by atoms with Crippen molar-refractivity contribution in [2.24, 2.45) is 0 Å². The van der Waals surface area contributed by atoms with Crippen molar-refractivity contribution in [3.63, 3.8) is 0 Å². The standard InChI is InChI=1S/C14H7ClF9N5/c15-9-8(7-5(17)1-4(16)2-6(7)18)10(25-3-13(19,20)21)29-12(26-9)27-11(28-29)14(22,23)24/h1,6,25H,2-3H2. The molecule has 2 aromatic heterocycles. The largest absolute Gasteiger partial charge is 0.453 e. The Morgan fingerprint density at radius 3 is 2.34 bits per heavy atom. The minimum absolute atomic E-state index is 0.192. The first-order valence-electron chi connectivity index (χ1n) is 7.52. The Labute approximate surface area is 159 Å². The number of aromatic nitrogens is 4. The summed E-state index contributed by atoms with van der Waals surface area (Å²) in [4.78, 5) is 6.45. The highest BCUT2D eigenvalue weighted by Gasteiger charge is 2.39. The van der Waals surface area contributed by atoms with E-state index in [2.05, 4.69) is 15.1 Å². The van der Waals surface area contributed by atoms with Crippen LogP contribution >= 0.6 is 11.6 Å². The molecule has 1 aliphatic rings. The smallest absolute Gasteiger partial charge is 0.360 e. The maximum absolute atomic E-state index is 14.3. The van der Waals surface area contributed by atoms with Gasteiger partial charge in [-0.3, -0.25) is 0 Å². The van der Waals surface area contributed by atoms with Crippen LogP contribution in [-0.2, 0) is 6.18 Å². The summed E-state index contributed by atoms with van der Waals surface area (Å²) in [5, 5.41) is 3.88. The molecular formula is C14H7ClF9N5. The third-order valence-corrected chi connectivity index (χ3v) is 3.92. The van der Waals surface area contributed by atoms with Crippen LogP contribution in [0.5, 0.6) is 0 Å². The molecule has 0 aliphatic heterocycles. The molecule has 158 valence electrons. The van der Waals surface area contributed by atoms with E-state index < -0.39 is 76.9 Å². The Morgan fingerprint density at radius 2 is 1.79 bits per heavy atom. The summed E-state index contributed by atoms with van der Waals surface area (Å²) < 4.78 is 119. The fourth-order valence-corrected chi connectivity index (χ4v) is 2.82. The topological polar surface area (TPSA) is 55.1 Å². The number of allylic oxidation sites excluding steroid dienone is 4. The molecule has 15 heteroatoms. The molecule has 0 bridgehead atoms. The molecule has 1 N–H and O–H groups in total. The molecule has 1 unspecified atom stereocenters. The quantitative estimate of drug-likeness (QED) is 0.524. The van der Waals surface area contributed by atoms with Gasteiger partial charge in [0.15, 0.2) is 0 Å². The summed E-state index contributed by atoms with van der Waals surface area (Å²) in [6.45, 7) is -1.81. The Morgan fingerprint density at radius 1 is 1.14 bits per heavy atom. The molecule has 0 saturated heterocycles. The first kappa shape index (κ1) is 21.2. The van der Waals surface area contributed by atoms with Crippen LogP contribution in [0.25, 0.3) is 11.4 Å². The van der Waals surface area contributed by atoms with E-state index in [4.69, 9.17) is 11.6 Å². The molecule has 3 rings (SSSR count). The lowest BCUT2D eigenvalue weighted by Crippen LogP contribution is -2.24. The van der Waals surface area contributed by atoms with Crippen molar-refractivity contribution < 1.29 is 39.5 Å². The van der Waals surface area contributed by atoms with Gasteiger partial charge >= 0.3 is 12.4 Å². The van der Waals surface area contributed by atoms with E-state index >= 15 is 0 Å². The van der Waals surface area contributed by atoms with Gasteiger partial charge in [-0.15, -0.1) is 5.10 Å². The fraction of sp³-hybridized carbons (Fsp3) is 0.357. The van der Waals surface area contributed by atoms with Crippen LogP contribution < -0.4 is 5.32 Å². The van der Waals surface area contributed by atoms with Gasteiger partial charge in [-0.2, -0.15) is 40.8 Å². The van der Waals surface area contributed by atoms with Crippen LogP contribution in [0, 0.1) is 0 Å². The van der Waals surface area contributed by atoms with Crippen LogP contribution in [-0.4, -0.2) is 38.5 Å². The molecule has 2 aromatic rings. The molecular weight excluding hydrogens is 445 g/mol. The third-order valence-electron chi connectivity index (χ3n) is 3.65. The molecule has 2 heterocycles. The Hall–Kier alpha value is -2.51. The average Bonchev–Trinajstić information content (AvgIpc) is 2.96. The normalized spacial score (nSPS) is 18.4. The van der Waals surface area contributed by atoms with E-state index in [1.165, 1.54) is 0 Å². The molecule has 5 nitrogen and oxygen atoms in total. The zero-order chi connectivity index (χ0) is 21.7. The number of nitrogens with one attached hydrogen (secondary N) is 1. The Kier molecular flexibility index (Phi) is 5.17. The van der Waals surface area contributed by atoms with Gasteiger partial charge in [0, 0.05) is 18.1 Å². The number of rotatable bonds is 3. The van der Waals surface area contributed by atoms with Gasteiger partial charge in [0.25, 0.3) is 11.6 Å². The number of halogens is 10. The van der Waals surface area contributed by atoms with Crippen LogP contribution in [0.4, 0.5) is 45.3 Å². The van der Waals surface area contributed by atoms with Crippen molar-refractivity contribution in [2.75, 3.05) is 11.9 Å². The van der Waals surface area contributed by atoms with Crippen LogP contribution in [0.3, 0.4) is 0 Å². The summed E-state index contributed by atoms with van der Waals surface area (Å²) in [7, 11) is 0. The summed E-state index contributed by atoms with van der Waals surface area (Å²) in [5.74, 6) is -6.29. The number of anilines is 1. The highest BCUT2D eigenvalue weighted by Crippen LogP contribution is 2.41. The van der Waals surface area contributed by atoms with Gasteiger partial charge in [-0.1, -0.05) is 11.6 Å². The molecule has 29 heavy (non-hydrogen) atoms. The first-order chi connectivity index (χ1) is 13.3. The van der Waals surface area contributed by atoms with Gasteiger partial charge in [0.1, 0.15) is 35.3 Å². The second kappa shape index (κ2) is 7.07. The number of alkyl halides is 7. The average molecular weight is 452 g/mol. The predicted octanol–water partition coefficient (Wildman–Crippen LogP) is 5.05. The Bertz CT molecular complexity index is 1020. The molecule has 1 aliphatic carbocycles. The first-order valence-corrected chi connectivity index (χ1v) is 7.90. The van der Waals surface area contributed by atoms with Crippen molar-refractivity contribution in [3.05, 3.63) is 34.3 Å². The van der Waals surface area contributed by atoms with Gasteiger partial charge in [-0.25, -0.2) is 13.2 Å². The van der Waals surface area contributed by atoms with Crippen LogP contribution in [0.15, 0.2) is 17.7 Å². The zero-order valence-corrected chi connectivity index (χ0v) is 14.4. The van der Waals surface area contributed by atoms with Crippen molar-refractivity contribution >= 4 is 28.8 Å². The lowest BCUT2D eigenvalue weighted by atomic mass is 9.95. The number of hydrogen-bond donors (Lipinski definition) is 1. The second-order valence-corrected chi connectivity index (χ2v) is 6.12. The van der Waals surface area contributed by atoms with Gasteiger partial charge in [0.05, 0.1) is 5.56 Å². The van der Waals surface area contributed by atoms with E-state index in [-0.39, 0.29) is 10.6 Å². The second-order valence-electron chi connectivity index (χ2n) is 5.76. The van der Waals surface area contributed by atoms with E-state index in [0.29, 0.717) is 0 Å². The Balaban J connectivity index is 2.31. The SMILES string of the molecule is FC1=CC(F)=C(c2c(Cl)nc3nc(C(F)(F)F)nn3c2NCC(F)(F)F)C(F)C1. The lowest BCUT2D eigenvalue weighted by Gasteiger charge is -2.21. The molecule has 0 fully saturated rings. The summed E-state index contributed by atoms with van der Waals surface area (Å²) in [6, 6.07) is 0. The van der Waals surface area contributed by atoms with Crippen molar-refractivity contribution in [1.29, 1.82) is 0 Å². The molecule has 0 aromatic carbocycles. The zero-order valence-electron chi connectivity index (χ0n) is 13.6. The number of hydrogen-bond acceptors (Lipinski definition) is 4. The minimum Gasteiger partial charge on any atom is -0.360 e. The highest BCUT2D eigenvalue weighted by molar-refractivity contribution is 6.32. The van der Waals surface area contributed by atoms with E-state index in [9.17, 15) is 39.5 Å². The number of fused-ring (bicyclic) bond motifs is 1. The predicted molar refractivity (Wildman–Crippen MR) is 82.1 cm³/mol. The lowest BCUT2D eigenvalue weighted by molar-refractivity contribution is -0.144. The molecule has 0 spiro atoms. The molecule has 0 radical (unpaired) electrons. The van der Waals surface area contributed by atoms with E-state index in [1.54, 1.807) is 5.32 Å². The van der Waals surface area contributed by atoms with E-state index in [1.807, 2.05) is 0 Å². The maximum atomic E-state index is 14.3. The summed E-state index contributed by atoms with van der Waals surface area (Å²) in [5.41, 5.74) is -1.82. The van der Waals surface area contributed by atoms with Crippen LogP contribution in [0.1, 0.15) is 17.8 Å². The number of nitrogens with zero attached hydrogens (tertiary/aromatic N) is 4. The highest BCUT2D eigenvalue weighted by atomic mass is 35.5. The third kappa shape index (κ3) is 4.26. The molecule has 0 saturated carbocycles. The van der Waals surface area contributed by atoms with Crippen molar-refractivity contribution in [2.45, 2.75) is 24.9 Å². The minimum atomic E-state index is -5.09. The monoisotopic (exact) mass is 451 g/mol. The van der Waals surface area contributed by atoms with E-state index in [0.717, 1.165) is 0 Å². The molecule has 1 atom stereocenters.